The van der Waals surface area contributed by atoms with Crippen molar-refractivity contribution in [3.63, 3.8) is 0 Å². The average Bonchev–Trinajstić information content (AvgIpc) is 2.29. The molecule has 0 saturated heterocycles. The fourth-order valence-corrected chi connectivity index (χ4v) is 2.68. The number of hydrogen-bond acceptors (Lipinski definition) is 1. The van der Waals surface area contributed by atoms with Crippen LogP contribution in [0.5, 0.6) is 0 Å². The van der Waals surface area contributed by atoms with E-state index in [1.54, 1.807) is 0 Å². The van der Waals surface area contributed by atoms with Crippen LogP contribution in [0.25, 0.3) is 0 Å². The zero-order valence-corrected chi connectivity index (χ0v) is 14.0. The molecule has 1 nitrogen and oxygen atoms in total. The molecule has 0 aliphatic rings. The molecule has 116 valence electrons. The summed E-state index contributed by atoms with van der Waals surface area (Å²) in [6, 6.07) is 0. The third-order valence-corrected chi connectivity index (χ3v) is 3.74. The second-order valence-electron chi connectivity index (χ2n) is 7.39. The van der Waals surface area contributed by atoms with Gasteiger partial charge in [0.25, 0.3) is 0 Å². The number of aliphatic hydroxyl groups excluding tert-OH is 1. The van der Waals surface area contributed by atoms with Crippen molar-refractivity contribution in [1.29, 1.82) is 0 Å². The number of unbranched alkanes of at least 4 members (excludes halogenated alkanes) is 9. The molecule has 1 atom stereocenters. The van der Waals surface area contributed by atoms with Crippen LogP contribution in [0.3, 0.4) is 0 Å². The molecular weight excluding hydrogens is 232 g/mol. The molecule has 0 rings (SSSR count). The van der Waals surface area contributed by atoms with Crippen molar-refractivity contribution < 1.29 is 5.11 Å². The second-order valence-corrected chi connectivity index (χ2v) is 7.39. The quantitative estimate of drug-likeness (QED) is 0.425. The highest BCUT2D eigenvalue weighted by molar-refractivity contribution is 4.68. The molecule has 0 aromatic heterocycles. The van der Waals surface area contributed by atoms with Gasteiger partial charge in [-0.1, -0.05) is 91.9 Å². The monoisotopic (exact) mass is 270 g/mol. The zero-order chi connectivity index (χ0) is 14.6. The Morgan fingerprint density at radius 3 is 1.58 bits per heavy atom. The van der Waals surface area contributed by atoms with Gasteiger partial charge in [0, 0.05) is 0 Å². The van der Waals surface area contributed by atoms with E-state index in [0.29, 0.717) is 0 Å². The smallest absolute Gasteiger partial charge is 0.0545 e. The topological polar surface area (TPSA) is 20.2 Å². The van der Waals surface area contributed by atoms with E-state index in [1.165, 1.54) is 64.2 Å². The lowest BCUT2D eigenvalue weighted by molar-refractivity contribution is 0.110. The van der Waals surface area contributed by atoms with Crippen LogP contribution in [0.1, 0.15) is 105 Å². The standard InChI is InChI=1S/C18H38O/c1-5-6-7-8-9-10-11-12-13-14-15-17(19)16-18(2,3)4/h17,19H,5-16H2,1-4H3. The molecule has 0 amide bonds. The molecule has 1 unspecified atom stereocenters. The lowest BCUT2D eigenvalue weighted by Gasteiger charge is -2.22. The third kappa shape index (κ3) is 15.9. The minimum Gasteiger partial charge on any atom is -0.393 e. The largest absolute Gasteiger partial charge is 0.393 e. The summed E-state index contributed by atoms with van der Waals surface area (Å²) in [5, 5.41) is 9.91. The fraction of sp³-hybridized carbons (Fsp3) is 1.00. The molecule has 0 spiro atoms. The van der Waals surface area contributed by atoms with E-state index in [0.717, 1.165) is 12.8 Å². The first-order valence-electron chi connectivity index (χ1n) is 8.64. The Labute approximate surface area is 122 Å². The van der Waals surface area contributed by atoms with Gasteiger partial charge in [0.1, 0.15) is 0 Å². The summed E-state index contributed by atoms with van der Waals surface area (Å²) in [6.07, 6.45) is 15.5. The van der Waals surface area contributed by atoms with Gasteiger partial charge in [-0.05, 0) is 18.3 Å². The third-order valence-electron chi connectivity index (χ3n) is 3.74. The molecule has 0 heterocycles. The maximum Gasteiger partial charge on any atom is 0.0545 e. The Kier molecular flexibility index (Phi) is 11.7. The molecule has 0 aliphatic heterocycles. The summed E-state index contributed by atoms with van der Waals surface area (Å²) in [5.41, 5.74) is 0.262. The van der Waals surface area contributed by atoms with E-state index < -0.39 is 0 Å². The molecule has 0 aliphatic carbocycles. The van der Waals surface area contributed by atoms with Gasteiger partial charge in [-0.25, -0.2) is 0 Å². The average molecular weight is 271 g/mol. The molecule has 19 heavy (non-hydrogen) atoms. The van der Waals surface area contributed by atoms with Gasteiger partial charge in [-0.3, -0.25) is 0 Å². The summed E-state index contributed by atoms with van der Waals surface area (Å²) >= 11 is 0. The van der Waals surface area contributed by atoms with Crippen LogP contribution in [-0.4, -0.2) is 11.2 Å². The SMILES string of the molecule is CCCCCCCCCCCCC(O)CC(C)(C)C. The maximum atomic E-state index is 9.91. The second kappa shape index (κ2) is 11.8. The van der Waals surface area contributed by atoms with Crippen LogP contribution in [-0.2, 0) is 0 Å². The summed E-state index contributed by atoms with van der Waals surface area (Å²) in [6.45, 7) is 8.88. The molecule has 1 heteroatoms. The highest BCUT2D eigenvalue weighted by atomic mass is 16.3. The number of aliphatic hydroxyl groups is 1. The predicted molar refractivity (Wildman–Crippen MR) is 86.5 cm³/mol. The van der Waals surface area contributed by atoms with Gasteiger partial charge in [-0.15, -0.1) is 0 Å². The van der Waals surface area contributed by atoms with Gasteiger partial charge in [-0.2, -0.15) is 0 Å². The molecule has 0 saturated carbocycles. The highest BCUT2D eigenvalue weighted by Crippen LogP contribution is 2.23. The first-order valence-corrected chi connectivity index (χ1v) is 8.64. The van der Waals surface area contributed by atoms with E-state index in [1.807, 2.05) is 0 Å². The summed E-state index contributed by atoms with van der Waals surface area (Å²) in [7, 11) is 0. The van der Waals surface area contributed by atoms with Gasteiger partial charge >= 0.3 is 0 Å². The van der Waals surface area contributed by atoms with Crippen LogP contribution >= 0.6 is 0 Å². The Morgan fingerprint density at radius 1 is 0.737 bits per heavy atom. The van der Waals surface area contributed by atoms with Gasteiger partial charge < -0.3 is 5.11 Å². The van der Waals surface area contributed by atoms with E-state index in [-0.39, 0.29) is 11.5 Å². The normalized spacial score (nSPS) is 13.7. The first kappa shape index (κ1) is 19.0. The van der Waals surface area contributed by atoms with Crippen molar-refractivity contribution in [3.8, 4) is 0 Å². The minimum atomic E-state index is -0.0888. The van der Waals surface area contributed by atoms with Crippen LogP contribution in [0.2, 0.25) is 0 Å². The van der Waals surface area contributed by atoms with Gasteiger partial charge in [0.05, 0.1) is 6.10 Å². The molecule has 0 bridgehead atoms. The summed E-state index contributed by atoms with van der Waals surface area (Å²) in [4.78, 5) is 0. The fourth-order valence-electron chi connectivity index (χ4n) is 2.68. The molecule has 0 fully saturated rings. The van der Waals surface area contributed by atoms with Gasteiger partial charge in [0.15, 0.2) is 0 Å². The molecular formula is C18H38O. The van der Waals surface area contributed by atoms with E-state index >= 15 is 0 Å². The van der Waals surface area contributed by atoms with Crippen LogP contribution < -0.4 is 0 Å². The maximum absolute atomic E-state index is 9.91. The molecule has 0 aromatic rings. The Hall–Kier alpha value is -0.0400. The van der Waals surface area contributed by atoms with Crippen molar-refractivity contribution in [2.75, 3.05) is 0 Å². The Balaban J connectivity index is 3.18. The van der Waals surface area contributed by atoms with Crippen molar-refractivity contribution in [2.24, 2.45) is 5.41 Å². The van der Waals surface area contributed by atoms with Crippen LogP contribution in [0.4, 0.5) is 0 Å². The first-order chi connectivity index (χ1) is 8.95. The van der Waals surface area contributed by atoms with Gasteiger partial charge in [0.2, 0.25) is 0 Å². The van der Waals surface area contributed by atoms with E-state index in [9.17, 15) is 5.11 Å². The van der Waals surface area contributed by atoms with Crippen molar-refractivity contribution in [3.05, 3.63) is 0 Å². The van der Waals surface area contributed by atoms with Crippen molar-refractivity contribution >= 4 is 0 Å². The zero-order valence-electron chi connectivity index (χ0n) is 14.0. The van der Waals surface area contributed by atoms with Crippen molar-refractivity contribution in [2.45, 2.75) is 111 Å². The van der Waals surface area contributed by atoms with E-state index in [4.69, 9.17) is 0 Å². The van der Waals surface area contributed by atoms with Crippen molar-refractivity contribution in [1.82, 2.24) is 0 Å². The van der Waals surface area contributed by atoms with E-state index in [2.05, 4.69) is 27.7 Å². The molecule has 0 aromatic carbocycles. The van der Waals surface area contributed by atoms with Crippen LogP contribution in [0.15, 0.2) is 0 Å². The molecule has 0 radical (unpaired) electrons. The lowest BCUT2D eigenvalue weighted by atomic mass is 9.87. The Bertz CT molecular complexity index is 181. The molecule has 1 N–H and O–H groups in total. The summed E-state index contributed by atoms with van der Waals surface area (Å²) in [5.74, 6) is 0. The lowest BCUT2D eigenvalue weighted by Crippen LogP contribution is -2.17. The highest BCUT2D eigenvalue weighted by Gasteiger charge is 2.15. The predicted octanol–water partition coefficient (Wildman–Crippen LogP) is 6.09. The number of rotatable bonds is 12. The summed E-state index contributed by atoms with van der Waals surface area (Å²) < 4.78 is 0. The Morgan fingerprint density at radius 2 is 1.16 bits per heavy atom. The minimum absolute atomic E-state index is 0.0888. The number of hydrogen-bond donors (Lipinski definition) is 1. The van der Waals surface area contributed by atoms with Crippen LogP contribution in [0, 0.1) is 5.41 Å².